The van der Waals surface area contributed by atoms with Gasteiger partial charge in [-0.05, 0) is 150 Å². The molecular weight excluding hydrogens is 1630 g/mol. The molecule has 1 aromatic carbocycles. The minimum absolute atomic E-state index is 0.00119. The summed E-state index contributed by atoms with van der Waals surface area (Å²) in [6.45, 7) is 15.9. The third-order valence-corrected chi connectivity index (χ3v) is 20.3. The average molecular weight is 1770 g/mol. The number of carboxylic acid groups (broad SMARTS) is 1. The molecule has 0 saturated carbocycles. The van der Waals surface area contributed by atoms with E-state index in [4.69, 9.17) is 50.4 Å². The number of carbonyl (C=O) groups excluding carboxylic acids is 14. The zero-order chi connectivity index (χ0) is 94.0. The van der Waals surface area contributed by atoms with Crippen molar-refractivity contribution in [1.29, 1.82) is 0 Å². The zero-order valence-corrected chi connectivity index (χ0v) is 73.5. The van der Waals surface area contributed by atoms with Crippen LogP contribution in [0.1, 0.15) is 184 Å². The van der Waals surface area contributed by atoms with Gasteiger partial charge < -0.3 is 134 Å². The van der Waals surface area contributed by atoms with E-state index in [0.29, 0.717) is 31.2 Å². The number of aliphatic imine (C=N–C) groups is 3. The molecule has 30 N–H and O–H groups in total. The van der Waals surface area contributed by atoms with Gasteiger partial charge in [-0.1, -0.05) is 85.5 Å². The first-order valence-electron chi connectivity index (χ1n) is 42.4. The average Bonchev–Trinajstić information content (AvgIpc) is 1.60. The number of phenols is 1. The molecule has 1 heterocycles. The summed E-state index contributed by atoms with van der Waals surface area (Å²) in [5.74, 6) is -15.6. The van der Waals surface area contributed by atoms with E-state index in [1.54, 1.807) is 41.5 Å². The van der Waals surface area contributed by atoms with E-state index in [-0.39, 0.29) is 178 Å². The molecule has 2 rings (SSSR count). The lowest BCUT2D eigenvalue weighted by atomic mass is 9.96. The molecule has 1 aromatic rings. The Kier molecular flexibility index (Phi) is 51.5. The number of hydrogen-bond acceptors (Lipinski definition) is 23. The molecule has 14 amide bonds. The fourth-order valence-corrected chi connectivity index (χ4v) is 13.1. The number of primary amides is 1. The van der Waals surface area contributed by atoms with Gasteiger partial charge in [-0.25, -0.2) is 0 Å². The summed E-state index contributed by atoms with van der Waals surface area (Å²) in [6, 6.07) is -12.9. The molecule has 46 nitrogen and oxygen atoms in total. The van der Waals surface area contributed by atoms with Crippen molar-refractivity contribution in [1.82, 2.24) is 74.0 Å². The number of nitrogens with two attached hydrogens (primary N) is 7. The van der Waals surface area contributed by atoms with Crippen molar-refractivity contribution >= 4 is 107 Å². The molecule has 125 heavy (non-hydrogen) atoms. The highest BCUT2D eigenvalue weighted by atomic mass is 16.5. The topological polar surface area (TPSA) is 754 Å². The molecular formula is C79H137N27O19. The van der Waals surface area contributed by atoms with Crippen LogP contribution in [-0.4, -0.2) is 271 Å². The summed E-state index contributed by atoms with van der Waals surface area (Å²) < 4.78 is 5.40. The van der Waals surface area contributed by atoms with Crippen molar-refractivity contribution < 1.29 is 92.0 Å². The van der Waals surface area contributed by atoms with E-state index in [1.807, 2.05) is 13.8 Å². The molecule has 1 saturated heterocycles. The summed E-state index contributed by atoms with van der Waals surface area (Å²) in [7, 11) is 0. The van der Waals surface area contributed by atoms with Crippen LogP contribution in [0.2, 0.25) is 0 Å². The van der Waals surface area contributed by atoms with Crippen molar-refractivity contribution in [2.45, 2.75) is 263 Å². The van der Waals surface area contributed by atoms with Gasteiger partial charge in [0.25, 0.3) is 0 Å². The van der Waals surface area contributed by atoms with Crippen LogP contribution in [0.5, 0.6) is 5.75 Å². The lowest BCUT2D eigenvalue weighted by molar-refractivity contribution is -0.142. The predicted octanol–water partition coefficient (Wildman–Crippen LogP) is -4.44. The number of unbranched alkanes of at least 4 members (excludes halogenated alkanes) is 1. The van der Waals surface area contributed by atoms with Crippen LogP contribution >= 0.6 is 0 Å². The highest BCUT2D eigenvalue weighted by Crippen LogP contribution is 2.22. The third kappa shape index (κ3) is 42.8. The van der Waals surface area contributed by atoms with Crippen molar-refractivity contribution in [3.05, 3.63) is 40.3 Å². The second kappa shape index (κ2) is 59.0. The Morgan fingerprint density at radius 2 is 0.960 bits per heavy atom. The van der Waals surface area contributed by atoms with E-state index in [9.17, 15) is 82.4 Å². The third-order valence-electron chi connectivity index (χ3n) is 20.3. The number of carbonyl (C=O) groups is 15. The van der Waals surface area contributed by atoms with Crippen LogP contribution in [0.15, 0.2) is 44.4 Å². The molecule has 1 aliphatic heterocycles. The van der Waals surface area contributed by atoms with Crippen molar-refractivity contribution in [2.24, 2.45) is 83.9 Å². The number of carboxylic acids is 1. The van der Waals surface area contributed by atoms with Gasteiger partial charge in [-0.15, -0.1) is 0 Å². The molecule has 46 heteroatoms. The molecule has 702 valence electrons. The van der Waals surface area contributed by atoms with Crippen molar-refractivity contribution in [2.75, 3.05) is 65.6 Å². The Morgan fingerprint density at radius 1 is 0.520 bits per heavy atom. The van der Waals surface area contributed by atoms with Crippen LogP contribution in [0, 0.1) is 23.7 Å². The summed E-state index contributed by atoms with van der Waals surface area (Å²) in [5.41, 5.74) is 49.1. The highest BCUT2D eigenvalue weighted by Gasteiger charge is 2.42. The molecule has 0 spiro atoms. The van der Waals surface area contributed by atoms with E-state index in [2.05, 4.69) is 94.1 Å². The standard InChI is InChI=1S/C79H137N27O19/c1-11-45(7)62(74(122)99-56(64(81)112)39-43(3)4)103-68(116)51(19-13-14-30-80)95-66(114)52(20-15-31-88-77(82)83)96-71(119)58(41-49-24-26-50(109)27-25-49)100-65(113)47(9)93-73(121)60-23-18-36-106(60)76(124)55(22-17-33-90-79(86)91-34-37-125-38-35-92-105-87)98-67(115)53(21-16-32-89-78(84)85)97-72(120)59(42-107)102-70(118)57(40-44(5)6)101-75(123)63(46(8)12-2)104-69(117)54(94-48(10)108)28-29-61(110)111/h24-27,43-47,51-60,62-63,107,109H,11-23,28-42,80H2,1-10H3,(H2,81,112)(H,93,121)(H,94,108)(H,95,114)(H,96,119)(H,97,120)(H,98,115)(H,99,122)(H,100,113)(H,101,123)(H,102,118)(H,103,116)(H,104,117)(H,110,111)(H4,82,83,88)(H4,84,85,89)(H3,86,90,91)/t45-,46-,47-,51-,52-,53-,54-,55-,56-,57-,58-,59-,60-,62-,63-/m0/s1. The first-order valence-corrected chi connectivity index (χ1v) is 42.4. The smallest absolute Gasteiger partial charge is 0.303 e. The number of azide groups is 1. The lowest BCUT2D eigenvalue weighted by Crippen LogP contribution is -2.61. The quantitative estimate of drug-likeness (QED) is 0.00731. The number of likely N-dealkylation sites (tertiary alicyclic amines) is 1. The van der Waals surface area contributed by atoms with Crippen LogP contribution in [-0.2, 0) is 83.1 Å². The molecule has 0 unspecified atom stereocenters. The molecule has 0 bridgehead atoms. The molecule has 1 fully saturated rings. The number of ether oxygens (including phenoxy) is 1. The maximum atomic E-state index is 15.2. The van der Waals surface area contributed by atoms with Crippen LogP contribution < -0.4 is 109 Å². The van der Waals surface area contributed by atoms with Gasteiger partial charge >= 0.3 is 5.97 Å². The van der Waals surface area contributed by atoms with E-state index in [1.165, 1.54) is 36.1 Å². The Bertz CT molecular complexity index is 3820. The van der Waals surface area contributed by atoms with Crippen molar-refractivity contribution in [3.8, 4) is 5.75 Å². The summed E-state index contributed by atoms with van der Waals surface area (Å²) in [6.07, 6.45) is 0.245. The first kappa shape index (κ1) is 109. The second-order valence-corrected chi connectivity index (χ2v) is 31.6. The zero-order valence-electron chi connectivity index (χ0n) is 73.5. The number of guanidine groups is 3. The van der Waals surface area contributed by atoms with Crippen LogP contribution in [0.3, 0.4) is 0 Å². The summed E-state index contributed by atoms with van der Waals surface area (Å²) in [5, 5.41) is 68.0. The lowest BCUT2D eigenvalue weighted by Gasteiger charge is -2.31. The van der Waals surface area contributed by atoms with E-state index < -0.39 is 192 Å². The van der Waals surface area contributed by atoms with Gasteiger partial charge in [-0.3, -0.25) is 86.9 Å². The minimum atomic E-state index is -1.82. The minimum Gasteiger partial charge on any atom is -0.508 e. The van der Waals surface area contributed by atoms with Gasteiger partial charge in [0.15, 0.2) is 17.9 Å². The number of phenolic OH excluding ortho intramolecular Hbond substituents is 1. The summed E-state index contributed by atoms with van der Waals surface area (Å²) >= 11 is 0. The van der Waals surface area contributed by atoms with Gasteiger partial charge in [0, 0.05) is 63.9 Å². The SMILES string of the molecule is CC[C@H](C)[C@H](NC(=O)[C@H](CCCCN)NC(=O)[C@H](CCCN=C(N)N)NC(=O)[C@H](Cc1ccc(O)cc1)NC(=O)[C@H](C)NC(=O)[C@@H]1CCCN1C(=O)[C@H](CCCN=C(N)NCCOCCN=[N+]=[N-])NC(=O)[C@H](CCCN=C(N)N)NC(=O)[C@H](CO)NC(=O)[C@H](CC(C)C)NC(=O)[C@@H](NC(=O)[C@H](CCC(=O)O)NC(C)=O)[C@@H](C)CC)C(=O)N[C@@H](CC(C)C)C(N)=O. The van der Waals surface area contributed by atoms with Gasteiger partial charge in [0.2, 0.25) is 82.7 Å². The Balaban J connectivity index is 2.69. The maximum absolute atomic E-state index is 15.2. The number of aliphatic carboxylic acids is 1. The number of aliphatic hydroxyl groups is 1. The molecule has 1 aliphatic rings. The predicted molar refractivity (Wildman–Crippen MR) is 463 cm³/mol. The molecule has 0 aromatic heterocycles. The highest BCUT2D eigenvalue weighted by molar-refractivity contribution is 6.00. The fourth-order valence-electron chi connectivity index (χ4n) is 13.1. The first-order chi connectivity index (χ1) is 59.1. The molecule has 0 radical (unpaired) electrons. The van der Waals surface area contributed by atoms with Gasteiger partial charge in [-0.2, -0.15) is 0 Å². The number of aromatic hydroxyl groups is 1. The van der Waals surface area contributed by atoms with Crippen molar-refractivity contribution in [3.63, 3.8) is 0 Å². The normalized spacial score (nSPS) is 15.8. The van der Waals surface area contributed by atoms with Crippen LogP contribution in [0.25, 0.3) is 10.4 Å². The van der Waals surface area contributed by atoms with E-state index in [0.717, 1.165) is 6.92 Å². The Hall–Kier alpha value is -11.9. The molecule has 0 aliphatic carbocycles. The number of amides is 14. The number of hydrogen-bond donors (Lipinski definition) is 23. The van der Waals surface area contributed by atoms with Gasteiger partial charge in [0.1, 0.15) is 84.3 Å². The number of nitrogens with one attached hydrogen (secondary N) is 13. The maximum Gasteiger partial charge on any atom is 0.303 e. The van der Waals surface area contributed by atoms with E-state index >= 15 is 4.79 Å². The number of aliphatic hydroxyl groups excluding tert-OH is 1. The van der Waals surface area contributed by atoms with Gasteiger partial charge in [0.05, 0.1) is 19.8 Å². The Morgan fingerprint density at radius 3 is 1.44 bits per heavy atom. The number of nitrogens with zero attached hydrogens (tertiary/aromatic N) is 7. The molecule has 15 atom stereocenters. The Labute approximate surface area is 728 Å². The number of benzene rings is 1. The monoisotopic (exact) mass is 1770 g/mol. The largest absolute Gasteiger partial charge is 0.508 e. The summed E-state index contributed by atoms with van der Waals surface area (Å²) in [4.78, 5) is 226. The number of rotatable bonds is 61. The second-order valence-electron chi connectivity index (χ2n) is 31.6. The van der Waals surface area contributed by atoms with Crippen LogP contribution in [0.4, 0.5) is 0 Å². The fraction of sp³-hybridized carbons (Fsp3) is 0.696.